The van der Waals surface area contributed by atoms with Crippen molar-refractivity contribution >= 4 is 45.9 Å². The van der Waals surface area contributed by atoms with Crippen molar-refractivity contribution in [1.29, 1.82) is 0 Å². The highest BCUT2D eigenvalue weighted by molar-refractivity contribution is 8.02. The van der Waals surface area contributed by atoms with E-state index in [0.29, 0.717) is 11.4 Å². The van der Waals surface area contributed by atoms with Gasteiger partial charge in [0.15, 0.2) is 4.21 Å². The summed E-state index contributed by atoms with van der Waals surface area (Å²) in [7, 11) is 0. The van der Waals surface area contributed by atoms with Crippen LogP contribution < -0.4 is 5.43 Å². The van der Waals surface area contributed by atoms with Crippen LogP contribution >= 0.6 is 23.4 Å². The van der Waals surface area contributed by atoms with Gasteiger partial charge in [0, 0.05) is 6.20 Å². The van der Waals surface area contributed by atoms with E-state index in [2.05, 4.69) is 15.4 Å². The van der Waals surface area contributed by atoms with Crippen LogP contribution in [0.25, 0.3) is 16.6 Å². The Morgan fingerprint density at radius 1 is 1.30 bits per heavy atom. The number of hydrazine groups is 1. The standard InChI is InChI=1S/C16H19ClN4OS/c1-15(2,3)21-14(22)16(17,23-4)10(9-18-21)13-19-11-7-5-6-8-12(11)20-13/h5-9,18H,1-4H3,(H,19,20). The first-order chi connectivity index (χ1) is 10.8. The predicted molar refractivity (Wildman–Crippen MR) is 95.9 cm³/mol. The van der Waals surface area contributed by atoms with Crippen LogP contribution in [0, 0.1) is 0 Å². The fraction of sp³-hybridized carbons (Fsp3) is 0.375. The molecule has 0 saturated carbocycles. The average molecular weight is 351 g/mol. The zero-order valence-electron chi connectivity index (χ0n) is 13.5. The average Bonchev–Trinajstić information content (AvgIpc) is 2.92. The number of hydrogen-bond donors (Lipinski definition) is 2. The SMILES string of the molecule is CSC1(Cl)C(=O)N(C(C)(C)C)NC=C1c1nc2ccccc2[nH]1. The van der Waals surface area contributed by atoms with Gasteiger partial charge < -0.3 is 10.4 Å². The Morgan fingerprint density at radius 3 is 2.61 bits per heavy atom. The van der Waals surface area contributed by atoms with Gasteiger partial charge in [-0.05, 0) is 39.2 Å². The molecule has 0 aliphatic carbocycles. The Hall–Kier alpha value is -1.66. The lowest BCUT2D eigenvalue weighted by Crippen LogP contribution is -2.60. The van der Waals surface area contributed by atoms with Gasteiger partial charge in [-0.1, -0.05) is 23.7 Å². The number of aromatic amines is 1. The molecule has 5 nitrogen and oxygen atoms in total. The lowest BCUT2D eigenvalue weighted by molar-refractivity contribution is -0.139. The summed E-state index contributed by atoms with van der Waals surface area (Å²) in [6.45, 7) is 5.86. The molecular formula is C16H19ClN4OS. The van der Waals surface area contributed by atoms with Crippen LogP contribution in [0.3, 0.4) is 0 Å². The van der Waals surface area contributed by atoms with E-state index in [9.17, 15) is 4.79 Å². The number of carbonyl (C=O) groups excluding carboxylic acids is 1. The zero-order valence-corrected chi connectivity index (χ0v) is 15.0. The smallest absolute Gasteiger partial charge is 0.277 e. The molecular weight excluding hydrogens is 332 g/mol. The number of halogens is 1. The number of hydrogen-bond acceptors (Lipinski definition) is 4. The second kappa shape index (κ2) is 5.46. The first-order valence-corrected chi connectivity index (χ1v) is 8.88. The topological polar surface area (TPSA) is 61.0 Å². The summed E-state index contributed by atoms with van der Waals surface area (Å²) < 4.78 is -1.22. The number of thioether (sulfide) groups is 1. The number of rotatable bonds is 2. The molecule has 23 heavy (non-hydrogen) atoms. The van der Waals surface area contributed by atoms with Gasteiger partial charge in [-0.2, -0.15) is 0 Å². The van der Waals surface area contributed by atoms with E-state index < -0.39 is 4.21 Å². The van der Waals surface area contributed by atoms with Gasteiger partial charge in [-0.3, -0.25) is 4.79 Å². The predicted octanol–water partition coefficient (Wildman–Crippen LogP) is 3.35. The number of benzene rings is 1. The number of amides is 1. The van der Waals surface area contributed by atoms with Crippen molar-refractivity contribution in [3.05, 3.63) is 36.3 Å². The number of alkyl halides is 1. The maximum Gasteiger partial charge on any atom is 0.277 e. The Kier molecular flexibility index (Phi) is 3.84. The minimum atomic E-state index is -1.22. The Balaban J connectivity index is 2.10. The van der Waals surface area contributed by atoms with Crippen LogP contribution in [0.4, 0.5) is 0 Å². The molecule has 1 atom stereocenters. The Bertz CT molecular complexity index is 762. The molecule has 3 rings (SSSR count). The molecule has 2 aromatic rings. The number of nitrogens with one attached hydrogen (secondary N) is 2. The van der Waals surface area contributed by atoms with Gasteiger partial charge >= 0.3 is 0 Å². The number of aromatic nitrogens is 2. The summed E-state index contributed by atoms with van der Waals surface area (Å²) in [4.78, 5) is 20.8. The maximum atomic E-state index is 13.0. The summed E-state index contributed by atoms with van der Waals surface area (Å²) >= 11 is 8.04. The molecule has 0 saturated heterocycles. The van der Waals surface area contributed by atoms with Crippen LogP contribution in [-0.4, -0.2) is 36.9 Å². The van der Waals surface area contributed by atoms with Crippen molar-refractivity contribution in [3.63, 3.8) is 0 Å². The van der Waals surface area contributed by atoms with E-state index >= 15 is 0 Å². The quantitative estimate of drug-likeness (QED) is 0.815. The molecule has 1 aliphatic rings. The highest BCUT2D eigenvalue weighted by Gasteiger charge is 2.49. The molecule has 0 bridgehead atoms. The third kappa shape index (κ3) is 2.60. The minimum Gasteiger partial charge on any atom is -0.338 e. The molecule has 1 unspecified atom stereocenters. The normalized spacial score (nSPS) is 22.2. The molecule has 1 aromatic heterocycles. The molecule has 1 amide bonds. The Labute approximate surface area is 144 Å². The molecule has 7 heteroatoms. The third-order valence-corrected chi connectivity index (χ3v) is 5.54. The molecule has 1 aliphatic heterocycles. The second-order valence-corrected chi connectivity index (χ2v) is 8.21. The number of nitrogens with zero attached hydrogens (tertiary/aromatic N) is 2. The number of fused-ring (bicyclic) bond motifs is 1. The van der Waals surface area contributed by atoms with Crippen LogP contribution in [0.5, 0.6) is 0 Å². The van der Waals surface area contributed by atoms with Crippen molar-refractivity contribution in [2.45, 2.75) is 30.5 Å². The van der Waals surface area contributed by atoms with Crippen LogP contribution in [-0.2, 0) is 4.79 Å². The van der Waals surface area contributed by atoms with Crippen molar-refractivity contribution in [3.8, 4) is 0 Å². The summed E-state index contributed by atoms with van der Waals surface area (Å²) in [5.41, 5.74) is 5.06. The van der Waals surface area contributed by atoms with Crippen LogP contribution in [0.2, 0.25) is 0 Å². The monoisotopic (exact) mass is 350 g/mol. The van der Waals surface area contributed by atoms with Crippen molar-refractivity contribution < 1.29 is 4.79 Å². The van der Waals surface area contributed by atoms with E-state index in [0.717, 1.165) is 11.0 Å². The van der Waals surface area contributed by atoms with E-state index in [4.69, 9.17) is 11.6 Å². The number of carbonyl (C=O) groups is 1. The van der Waals surface area contributed by atoms with Crippen molar-refractivity contribution in [2.24, 2.45) is 0 Å². The molecule has 1 aromatic carbocycles. The lowest BCUT2D eigenvalue weighted by atomic mass is 10.0. The maximum absolute atomic E-state index is 13.0. The third-order valence-electron chi connectivity index (χ3n) is 3.76. The van der Waals surface area contributed by atoms with Gasteiger partial charge in [0.05, 0.1) is 22.1 Å². The largest absolute Gasteiger partial charge is 0.338 e. The van der Waals surface area contributed by atoms with E-state index in [1.54, 1.807) is 11.2 Å². The van der Waals surface area contributed by atoms with E-state index in [1.165, 1.54) is 11.8 Å². The fourth-order valence-corrected chi connectivity index (χ4v) is 3.41. The zero-order chi connectivity index (χ0) is 16.8. The van der Waals surface area contributed by atoms with Gasteiger partial charge in [0.1, 0.15) is 5.82 Å². The molecule has 0 fully saturated rings. The molecule has 122 valence electrons. The van der Waals surface area contributed by atoms with Crippen molar-refractivity contribution in [1.82, 2.24) is 20.4 Å². The molecule has 2 N–H and O–H groups in total. The Morgan fingerprint density at radius 2 is 2.00 bits per heavy atom. The first kappa shape index (κ1) is 16.2. The molecule has 0 spiro atoms. The minimum absolute atomic E-state index is 0.197. The summed E-state index contributed by atoms with van der Waals surface area (Å²) in [6, 6.07) is 7.73. The fourth-order valence-electron chi connectivity index (χ4n) is 2.54. The number of imidazole rings is 1. The van der Waals surface area contributed by atoms with Crippen LogP contribution in [0.15, 0.2) is 30.5 Å². The summed E-state index contributed by atoms with van der Waals surface area (Å²) in [6.07, 6.45) is 3.58. The molecule has 2 heterocycles. The summed E-state index contributed by atoms with van der Waals surface area (Å²) in [5.74, 6) is 0.405. The first-order valence-electron chi connectivity index (χ1n) is 7.28. The lowest BCUT2D eigenvalue weighted by Gasteiger charge is -2.43. The second-order valence-electron chi connectivity index (χ2n) is 6.40. The highest BCUT2D eigenvalue weighted by atomic mass is 35.5. The van der Waals surface area contributed by atoms with Crippen LogP contribution in [0.1, 0.15) is 26.6 Å². The van der Waals surface area contributed by atoms with Gasteiger partial charge in [0.2, 0.25) is 0 Å². The van der Waals surface area contributed by atoms with Gasteiger partial charge in [-0.15, -0.1) is 11.8 Å². The molecule has 0 radical (unpaired) electrons. The van der Waals surface area contributed by atoms with E-state index in [-0.39, 0.29) is 11.4 Å². The van der Waals surface area contributed by atoms with Gasteiger partial charge in [0.25, 0.3) is 5.91 Å². The van der Waals surface area contributed by atoms with E-state index in [1.807, 2.05) is 51.3 Å². The highest BCUT2D eigenvalue weighted by Crippen LogP contribution is 2.44. The summed E-state index contributed by atoms with van der Waals surface area (Å²) in [5, 5.41) is 1.56. The van der Waals surface area contributed by atoms with Gasteiger partial charge in [-0.25, -0.2) is 9.99 Å². The van der Waals surface area contributed by atoms with Crippen molar-refractivity contribution in [2.75, 3.05) is 6.26 Å². The number of H-pyrrole nitrogens is 1. The number of para-hydroxylation sites is 2.